The summed E-state index contributed by atoms with van der Waals surface area (Å²) in [5, 5.41) is 11.8. The molecule has 1 aliphatic rings. The van der Waals surface area contributed by atoms with Gasteiger partial charge in [-0.3, -0.25) is 4.98 Å². The van der Waals surface area contributed by atoms with Gasteiger partial charge in [0.1, 0.15) is 6.10 Å². The molecule has 0 saturated heterocycles. The van der Waals surface area contributed by atoms with Crippen molar-refractivity contribution in [2.45, 2.75) is 104 Å². The molecule has 1 aromatic heterocycles. The lowest BCUT2D eigenvalue weighted by Crippen LogP contribution is -2.44. The van der Waals surface area contributed by atoms with Gasteiger partial charge in [-0.05, 0) is 89.5 Å². The van der Waals surface area contributed by atoms with Crippen LogP contribution >= 0.6 is 22.6 Å². The van der Waals surface area contributed by atoms with Crippen molar-refractivity contribution in [2.24, 2.45) is 5.41 Å². The van der Waals surface area contributed by atoms with E-state index in [1.54, 1.807) is 19.1 Å². The van der Waals surface area contributed by atoms with Gasteiger partial charge in [0, 0.05) is 20.4 Å². The van der Waals surface area contributed by atoms with Gasteiger partial charge in [-0.15, -0.1) is 0 Å². The Labute approximate surface area is 238 Å². The van der Waals surface area contributed by atoms with E-state index in [0.717, 1.165) is 44.5 Å². The molecule has 0 radical (unpaired) electrons. The first-order valence-electron chi connectivity index (χ1n) is 13.3. The molecule has 2 aromatic rings. The number of halogens is 1. The number of rotatable bonds is 7. The van der Waals surface area contributed by atoms with Crippen LogP contribution in [0.25, 0.3) is 0 Å². The van der Waals surface area contributed by atoms with Crippen LogP contribution in [-0.2, 0) is 15.6 Å². The zero-order valence-electron chi connectivity index (χ0n) is 24.2. The van der Waals surface area contributed by atoms with Crippen LogP contribution in [0.15, 0.2) is 24.3 Å². The van der Waals surface area contributed by atoms with E-state index in [1.165, 1.54) is 0 Å². The molecular weight excluding hydrogens is 593 g/mol. The smallest absolute Gasteiger partial charge is 0.338 e. The number of carbonyl (C=O) groups excluding carboxylic acids is 1. The van der Waals surface area contributed by atoms with Crippen LogP contribution in [0.2, 0.25) is 18.1 Å². The zero-order chi connectivity index (χ0) is 27.9. The Morgan fingerprint density at radius 1 is 1.22 bits per heavy atom. The van der Waals surface area contributed by atoms with Crippen molar-refractivity contribution >= 4 is 36.9 Å². The number of ether oxygens (including phenoxy) is 1. The summed E-state index contributed by atoms with van der Waals surface area (Å²) >= 11 is 2.41. The lowest BCUT2D eigenvalue weighted by molar-refractivity contribution is 0.0526. The maximum Gasteiger partial charge on any atom is 0.338 e. The van der Waals surface area contributed by atoms with E-state index in [4.69, 9.17) is 14.1 Å². The van der Waals surface area contributed by atoms with Gasteiger partial charge < -0.3 is 14.3 Å². The molecule has 1 N–H and O–H groups in total. The second kappa shape index (κ2) is 11.1. The number of esters is 1. The quantitative estimate of drug-likeness (QED) is 0.189. The molecule has 1 unspecified atom stereocenters. The molecule has 1 aliphatic carbocycles. The molecule has 0 bridgehead atoms. The second-order valence-electron chi connectivity index (χ2n) is 12.9. The third-order valence-electron chi connectivity index (χ3n) is 7.82. The molecule has 7 heteroatoms. The van der Waals surface area contributed by atoms with Crippen molar-refractivity contribution in [1.29, 1.82) is 0 Å². The van der Waals surface area contributed by atoms with Crippen LogP contribution in [0, 0.1) is 8.99 Å². The first-order valence-corrected chi connectivity index (χ1v) is 17.3. The van der Waals surface area contributed by atoms with E-state index in [9.17, 15) is 9.90 Å². The molecule has 204 valence electrons. The Hall–Kier alpha value is -1.29. The van der Waals surface area contributed by atoms with Crippen LogP contribution in [0.1, 0.15) is 118 Å². The molecule has 0 amide bonds. The van der Waals surface area contributed by atoms with Crippen LogP contribution in [-0.4, -0.2) is 31.0 Å². The SMILES string of the molecule is CCOC(=O)c1ccc([C@@H](O)c2c(C(C)C)nc3c(c2I)C(O[Si](C)(C)C(C)(C)C)CC(C)(C)C3)cc1. The van der Waals surface area contributed by atoms with Crippen LogP contribution in [0.5, 0.6) is 0 Å². The molecule has 1 aromatic carbocycles. The molecule has 0 fully saturated rings. The zero-order valence-corrected chi connectivity index (χ0v) is 27.3. The normalized spacial score (nSPS) is 18.5. The molecule has 37 heavy (non-hydrogen) atoms. The number of pyridine rings is 1. The van der Waals surface area contributed by atoms with Crippen molar-refractivity contribution in [3.63, 3.8) is 0 Å². The highest BCUT2D eigenvalue weighted by atomic mass is 127. The summed E-state index contributed by atoms with van der Waals surface area (Å²) in [6.07, 6.45) is 0.897. The average Bonchev–Trinajstić information content (AvgIpc) is 2.76. The van der Waals surface area contributed by atoms with Crippen molar-refractivity contribution in [3.05, 3.63) is 61.5 Å². The summed E-state index contributed by atoms with van der Waals surface area (Å²) in [5.74, 6) is -0.211. The van der Waals surface area contributed by atoms with E-state index >= 15 is 0 Å². The van der Waals surface area contributed by atoms with Gasteiger partial charge in [-0.2, -0.15) is 0 Å². The maximum atomic E-state index is 12.1. The van der Waals surface area contributed by atoms with Gasteiger partial charge >= 0.3 is 5.97 Å². The van der Waals surface area contributed by atoms with Crippen LogP contribution in [0.3, 0.4) is 0 Å². The standard InChI is InChI=1S/C30H44INO4Si/c1-11-35-28(34)20-14-12-19(13-15-20)27(33)24-25(31)23-21(32-26(24)18(2)3)16-30(7,8)17-22(23)36-37(9,10)29(4,5)6/h12-15,18,22,27,33H,11,16-17H2,1-10H3/t22?,27-/m1/s1. The average molecular weight is 638 g/mol. The van der Waals surface area contributed by atoms with Crippen molar-refractivity contribution in [1.82, 2.24) is 4.98 Å². The minimum atomic E-state index is -2.05. The fraction of sp³-hybridized carbons (Fsp3) is 0.600. The van der Waals surface area contributed by atoms with Gasteiger partial charge in [0.25, 0.3) is 0 Å². The largest absolute Gasteiger partial charge is 0.462 e. The van der Waals surface area contributed by atoms with Crippen LogP contribution in [0.4, 0.5) is 0 Å². The predicted molar refractivity (Wildman–Crippen MR) is 161 cm³/mol. The third-order valence-corrected chi connectivity index (χ3v) is 13.5. The maximum absolute atomic E-state index is 12.1. The first-order chi connectivity index (χ1) is 17.0. The molecule has 0 saturated carbocycles. The fourth-order valence-corrected chi connectivity index (χ4v) is 7.25. The third kappa shape index (κ3) is 6.48. The predicted octanol–water partition coefficient (Wildman–Crippen LogP) is 8.10. The van der Waals surface area contributed by atoms with E-state index in [0.29, 0.717) is 12.2 Å². The molecule has 0 spiro atoms. The Morgan fingerprint density at radius 2 is 1.81 bits per heavy atom. The summed E-state index contributed by atoms with van der Waals surface area (Å²) < 4.78 is 13.2. The lowest BCUT2D eigenvalue weighted by atomic mass is 9.74. The van der Waals surface area contributed by atoms with Gasteiger partial charge in [0.05, 0.1) is 24.0 Å². The van der Waals surface area contributed by atoms with E-state index in [2.05, 4.69) is 84.2 Å². The summed E-state index contributed by atoms with van der Waals surface area (Å²) in [5.41, 5.74) is 5.30. The Morgan fingerprint density at radius 3 is 2.32 bits per heavy atom. The molecule has 3 rings (SSSR count). The van der Waals surface area contributed by atoms with Crippen molar-refractivity contribution < 1.29 is 19.1 Å². The Balaban J connectivity index is 2.14. The minimum absolute atomic E-state index is 0.0580. The minimum Gasteiger partial charge on any atom is -0.462 e. The Kier molecular flexibility index (Phi) is 9.04. The van der Waals surface area contributed by atoms with Gasteiger partial charge in [0.2, 0.25) is 0 Å². The molecule has 1 heterocycles. The van der Waals surface area contributed by atoms with E-state index < -0.39 is 14.4 Å². The summed E-state index contributed by atoms with van der Waals surface area (Å²) in [6, 6.07) is 7.05. The molecule has 5 nitrogen and oxygen atoms in total. The fourth-order valence-electron chi connectivity index (χ4n) is 4.76. The number of nitrogens with zero attached hydrogens (tertiary/aromatic N) is 1. The van der Waals surface area contributed by atoms with Crippen molar-refractivity contribution in [3.8, 4) is 0 Å². The number of aliphatic hydroxyl groups excluding tert-OH is 1. The molecule has 2 atom stereocenters. The monoisotopic (exact) mass is 637 g/mol. The number of hydrogen-bond acceptors (Lipinski definition) is 5. The number of benzene rings is 1. The number of aromatic nitrogens is 1. The molecular formula is C30H44INO4Si. The lowest BCUT2D eigenvalue weighted by Gasteiger charge is -2.44. The number of hydrogen-bond donors (Lipinski definition) is 1. The van der Waals surface area contributed by atoms with Gasteiger partial charge in [0.15, 0.2) is 8.32 Å². The summed E-state index contributed by atoms with van der Waals surface area (Å²) in [6.45, 7) is 22.4. The number of carbonyl (C=O) groups is 1. The first kappa shape index (κ1) is 30.3. The highest BCUT2D eigenvalue weighted by Gasteiger charge is 2.44. The summed E-state index contributed by atoms with van der Waals surface area (Å²) in [4.78, 5) is 17.3. The second-order valence-corrected chi connectivity index (χ2v) is 18.7. The highest BCUT2D eigenvalue weighted by Crippen LogP contribution is 2.50. The van der Waals surface area contributed by atoms with E-state index in [-0.39, 0.29) is 28.4 Å². The highest BCUT2D eigenvalue weighted by molar-refractivity contribution is 14.1. The summed E-state index contributed by atoms with van der Waals surface area (Å²) in [7, 11) is -2.05. The Bertz CT molecular complexity index is 1140. The van der Waals surface area contributed by atoms with E-state index in [1.807, 2.05) is 12.1 Å². The van der Waals surface area contributed by atoms with Crippen LogP contribution < -0.4 is 0 Å². The molecule has 0 aliphatic heterocycles. The van der Waals surface area contributed by atoms with Crippen molar-refractivity contribution in [2.75, 3.05) is 6.61 Å². The van der Waals surface area contributed by atoms with Gasteiger partial charge in [-0.25, -0.2) is 4.79 Å². The number of fused-ring (bicyclic) bond motifs is 1. The van der Waals surface area contributed by atoms with Gasteiger partial charge in [-0.1, -0.05) is 60.6 Å². The number of aliphatic hydroxyl groups is 1. The topological polar surface area (TPSA) is 68.7 Å².